The highest BCUT2D eigenvalue weighted by atomic mass is 16.3. The number of rotatable bonds is 9. The maximum absolute atomic E-state index is 12.3. The summed E-state index contributed by atoms with van der Waals surface area (Å²) in [6.07, 6.45) is 5.73. The van der Waals surface area contributed by atoms with Crippen molar-refractivity contribution in [3.8, 4) is 22.4 Å². The molecule has 8 nitrogen and oxygen atoms in total. The number of benzene rings is 2. The molecule has 1 amide bonds. The molecule has 1 atom stereocenters. The van der Waals surface area contributed by atoms with Crippen molar-refractivity contribution in [2.45, 2.75) is 52.2 Å². The maximum atomic E-state index is 12.3. The van der Waals surface area contributed by atoms with Gasteiger partial charge < -0.3 is 15.0 Å². The van der Waals surface area contributed by atoms with Crippen molar-refractivity contribution in [1.82, 2.24) is 24.8 Å². The fourth-order valence-corrected chi connectivity index (χ4v) is 5.40. The summed E-state index contributed by atoms with van der Waals surface area (Å²) in [5.74, 6) is 0.179. The van der Waals surface area contributed by atoms with Crippen molar-refractivity contribution >= 4 is 22.9 Å². The zero-order valence-corrected chi connectivity index (χ0v) is 23.7. The van der Waals surface area contributed by atoms with Gasteiger partial charge in [-0.05, 0) is 73.2 Å². The summed E-state index contributed by atoms with van der Waals surface area (Å²) in [5.41, 5.74) is 9.79. The minimum atomic E-state index is -0.434. The molecule has 2 aromatic carbocycles. The van der Waals surface area contributed by atoms with Crippen LogP contribution in [0.1, 0.15) is 53.2 Å². The van der Waals surface area contributed by atoms with Gasteiger partial charge in [0.1, 0.15) is 11.3 Å². The first-order chi connectivity index (χ1) is 19.2. The standard InChI is InChI=1S/C32H37N5O3/c1-20-15-24(16-25-19-37(14-12-27(20)25)13-11-26(39)10-5-21(2)38)29-18-34-31-30(35-29)28(17-33-31)22-6-8-23(9-7-22)32(40)36(3)4/h6-9,15-18,21,38H,5,10-14,19H2,1-4H3,(H,33,34)/t21-/m1/s1. The SMILES string of the molecule is Cc1cc(-c2cnc3[nH]cc(-c4ccc(C(=O)N(C)C)cc4)c3n2)cc2c1CCN(CCC(=O)CC[C@@H](C)O)C2. The van der Waals surface area contributed by atoms with Gasteiger partial charge in [-0.3, -0.25) is 14.5 Å². The smallest absolute Gasteiger partial charge is 0.253 e. The Morgan fingerprint density at radius 2 is 1.90 bits per heavy atom. The topological polar surface area (TPSA) is 102 Å². The van der Waals surface area contributed by atoms with Crippen LogP contribution >= 0.6 is 0 Å². The molecule has 5 rings (SSSR count). The molecule has 0 saturated heterocycles. The van der Waals surface area contributed by atoms with Gasteiger partial charge in [-0.2, -0.15) is 0 Å². The number of fused-ring (bicyclic) bond motifs is 2. The summed E-state index contributed by atoms with van der Waals surface area (Å²) in [6.45, 7) is 6.35. The lowest BCUT2D eigenvalue weighted by atomic mass is 9.92. The lowest BCUT2D eigenvalue weighted by molar-refractivity contribution is -0.120. The predicted molar refractivity (Wildman–Crippen MR) is 157 cm³/mol. The number of nitrogens with zero attached hydrogens (tertiary/aromatic N) is 4. The number of carbonyl (C=O) groups excluding carboxylic acids is 2. The molecule has 2 N–H and O–H groups in total. The number of aromatic nitrogens is 3. The molecule has 2 aromatic heterocycles. The lowest BCUT2D eigenvalue weighted by Crippen LogP contribution is -2.32. The Bertz CT molecular complexity index is 1540. The molecule has 1 aliphatic rings. The Morgan fingerprint density at radius 1 is 1.12 bits per heavy atom. The Hall–Kier alpha value is -3.88. The highest BCUT2D eigenvalue weighted by Crippen LogP contribution is 2.32. The summed E-state index contributed by atoms with van der Waals surface area (Å²) < 4.78 is 0. The van der Waals surface area contributed by atoms with E-state index in [1.165, 1.54) is 16.7 Å². The van der Waals surface area contributed by atoms with Crippen LogP contribution in [-0.4, -0.2) is 74.8 Å². The monoisotopic (exact) mass is 539 g/mol. The molecular formula is C32H37N5O3. The van der Waals surface area contributed by atoms with Gasteiger partial charge >= 0.3 is 0 Å². The van der Waals surface area contributed by atoms with Crippen molar-refractivity contribution in [2.75, 3.05) is 27.2 Å². The molecular weight excluding hydrogens is 502 g/mol. The van der Waals surface area contributed by atoms with Crippen molar-refractivity contribution in [2.24, 2.45) is 0 Å². The zero-order chi connectivity index (χ0) is 28.4. The van der Waals surface area contributed by atoms with Crippen molar-refractivity contribution < 1.29 is 14.7 Å². The highest BCUT2D eigenvalue weighted by Gasteiger charge is 2.21. The minimum absolute atomic E-state index is 0.0307. The number of nitrogens with one attached hydrogen (secondary N) is 1. The van der Waals surface area contributed by atoms with Crippen LogP contribution in [0.3, 0.4) is 0 Å². The number of Topliss-reactive ketones (excluding diaryl/α,β-unsaturated/α-hetero) is 1. The molecule has 1 aliphatic heterocycles. The molecule has 40 heavy (non-hydrogen) atoms. The van der Waals surface area contributed by atoms with Crippen LogP contribution < -0.4 is 0 Å². The number of carbonyl (C=O) groups is 2. The second-order valence-corrected chi connectivity index (χ2v) is 11.1. The molecule has 0 spiro atoms. The molecule has 4 aromatic rings. The summed E-state index contributed by atoms with van der Waals surface area (Å²) in [5, 5.41) is 9.45. The first-order valence-electron chi connectivity index (χ1n) is 13.9. The third-order valence-electron chi connectivity index (χ3n) is 7.71. The quantitative estimate of drug-likeness (QED) is 0.317. The average molecular weight is 540 g/mol. The van der Waals surface area contributed by atoms with E-state index in [1.54, 1.807) is 25.9 Å². The number of aromatic amines is 1. The zero-order valence-electron chi connectivity index (χ0n) is 23.7. The molecule has 0 unspecified atom stereocenters. The van der Waals surface area contributed by atoms with Gasteiger partial charge in [0.25, 0.3) is 5.91 Å². The number of hydrogen-bond donors (Lipinski definition) is 2. The summed E-state index contributed by atoms with van der Waals surface area (Å²) in [7, 11) is 3.49. The first kappa shape index (κ1) is 27.7. The van der Waals surface area contributed by atoms with Gasteiger partial charge in [0, 0.05) is 69.5 Å². The third-order valence-corrected chi connectivity index (χ3v) is 7.71. The van der Waals surface area contributed by atoms with Crippen LogP contribution in [0.5, 0.6) is 0 Å². The molecule has 0 bridgehead atoms. The maximum Gasteiger partial charge on any atom is 0.253 e. The van der Waals surface area contributed by atoms with Gasteiger partial charge in [0.2, 0.25) is 0 Å². The van der Waals surface area contributed by atoms with E-state index in [-0.39, 0.29) is 11.7 Å². The molecule has 0 fully saturated rings. The van der Waals surface area contributed by atoms with E-state index in [1.807, 2.05) is 36.7 Å². The van der Waals surface area contributed by atoms with Crippen molar-refractivity contribution in [1.29, 1.82) is 0 Å². The summed E-state index contributed by atoms with van der Waals surface area (Å²) in [4.78, 5) is 41.4. The normalized spacial score (nSPS) is 14.2. The number of aliphatic hydroxyl groups is 1. The number of aliphatic hydroxyl groups excluding tert-OH is 1. The molecule has 0 radical (unpaired) electrons. The van der Waals surface area contributed by atoms with Crippen LogP contribution in [0.2, 0.25) is 0 Å². The summed E-state index contributed by atoms with van der Waals surface area (Å²) in [6, 6.07) is 12.0. The molecule has 8 heteroatoms. The van der Waals surface area contributed by atoms with Crippen molar-refractivity contribution in [3.63, 3.8) is 0 Å². The van der Waals surface area contributed by atoms with E-state index >= 15 is 0 Å². The minimum Gasteiger partial charge on any atom is -0.393 e. The number of amides is 1. The average Bonchev–Trinajstić information content (AvgIpc) is 3.37. The molecule has 0 saturated carbocycles. The number of ketones is 1. The van der Waals surface area contributed by atoms with E-state index in [2.05, 4.69) is 33.9 Å². The first-order valence-corrected chi connectivity index (χ1v) is 13.9. The predicted octanol–water partition coefficient (Wildman–Crippen LogP) is 4.78. The van der Waals surface area contributed by atoms with Crippen LogP contribution in [0, 0.1) is 6.92 Å². The Balaban J connectivity index is 1.37. The van der Waals surface area contributed by atoms with E-state index in [4.69, 9.17) is 4.98 Å². The van der Waals surface area contributed by atoms with E-state index in [9.17, 15) is 14.7 Å². The second kappa shape index (κ2) is 11.7. The Morgan fingerprint density at radius 3 is 2.62 bits per heavy atom. The Kier molecular flexibility index (Phi) is 8.09. The molecule has 3 heterocycles. The fraction of sp³-hybridized carbons (Fsp3) is 0.375. The van der Waals surface area contributed by atoms with Gasteiger partial charge in [-0.1, -0.05) is 12.1 Å². The van der Waals surface area contributed by atoms with Crippen LogP contribution in [-0.2, 0) is 17.8 Å². The Labute approximate surface area is 235 Å². The highest BCUT2D eigenvalue weighted by molar-refractivity contribution is 5.96. The molecule has 208 valence electrons. The summed E-state index contributed by atoms with van der Waals surface area (Å²) >= 11 is 0. The van der Waals surface area contributed by atoms with E-state index < -0.39 is 6.10 Å². The van der Waals surface area contributed by atoms with E-state index in [0.29, 0.717) is 30.5 Å². The van der Waals surface area contributed by atoms with Crippen LogP contribution in [0.25, 0.3) is 33.5 Å². The van der Waals surface area contributed by atoms with Crippen molar-refractivity contribution in [3.05, 3.63) is 71.0 Å². The van der Waals surface area contributed by atoms with E-state index in [0.717, 1.165) is 54.0 Å². The van der Waals surface area contributed by atoms with Crippen LogP contribution in [0.15, 0.2) is 48.8 Å². The lowest BCUT2D eigenvalue weighted by Gasteiger charge is -2.30. The van der Waals surface area contributed by atoms with Crippen LogP contribution in [0.4, 0.5) is 0 Å². The third kappa shape index (κ3) is 5.98. The fourth-order valence-electron chi connectivity index (χ4n) is 5.40. The number of aryl methyl sites for hydroxylation is 1. The number of H-pyrrole nitrogens is 1. The number of hydrogen-bond acceptors (Lipinski definition) is 6. The second-order valence-electron chi connectivity index (χ2n) is 11.1. The van der Waals surface area contributed by atoms with Gasteiger partial charge in [0.15, 0.2) is 5.65 Å². The molecule has 0 aliphatic carbocycles. The van der Waals surface area contributed by atoms with Gasteiger partial charge in [0.05, 0.1) is 18.0 Å². The van der Waals surface area contributed by atoms with Gasteiger partial charge in [-0.15, -0.1) is 0 Å². The van der Waals surface area contributed by atoms with Gasteiger partial charge in [-0.25, -0.2) is 9.97 Å². The largest absolute Gasteiger partial charge is 0.393 e.